The summed E-state index contributed by atoms with van der Waals surface area (Å²) in [5, 5.41) is 0. The minimum absolute atomic E-state index is 0.0409. The third-order valence-electron chi connectivity index (χ3n) is 3.38. The minimum Gasteiger partial charge on any atom is -0.465 e. The van der Waals surface area contributed by atoms with Crippen LogP contribution in [0, 0.1) is 17.8 Å². The summed E-state index contributed by atoms with van der Waals surface area (Å²) in [5.41, 5.74) is -0.898. The van der Waals surface area contributed by atoms with Gasteiger partial charge in [-0.1, -0.05) is 6.42 Å². The number of esters is 1. The van der Waals surface area contributed by atoms with E-state index in [1.807, 2.05) is 0 Å². The predicted octanol–water partition coefficient (Wildman–Crippen LogP) is 2.48. The number of carbonyl (C=O) groups excluding carboxylic acids is 2. The Balaban J connectivity index is 2.79. The smallest absolute Gasteiger partial charge is 0.319 e. The molecule has 1 fully saturated rings. The Morgan fingerprint density at radius 1 is 1.53 bits per heavy atom. The van der Waals surface area contributed by atoms with Gasteiger partial charge in [0.25, 0.3) is 0 Å². The second-order valence-corrected chi connectivity index (χ2v) is 4.49. The summed E-state index contributed by atoms with van der Waals surface area (Å²) < 4.78 is 5.07. The molecule has 3 nitrogen and oxygen atoms in total. The van der Waals surface area contributed by atoms with Crippen LogP contribution in [0.2, 0.25) is 0 Å². The van der Waals surface area contributed by atoms with Gasteiger partial charge in [-0.25, -0.2) is 0 Å². The van der Waals surface area contributed by atoms with Gasteiger partial charge in [-0.3, -0.25) is 9.59 Å². The highest BCUT2D eigenvalue weighted by molar-refractivity contribution is 6.04. The normalized spacial score (nSPS) is 24.1. The molecule has 1 saturated carbocycles. The number of hydrogen-bond donors (Lipinski definition) is 0. The summed E-state index contributed by atoms with van der Waals surface area (Å²) in [6, 6.07) is 0. The van der Waals surface area contributed by atoms with Crippen molar-refractivity contribution in [1.82, 2.24) is 0 Å². The van der Waals surface area contributed by atoms with E-state index in [4.69, 9.17) is 11.2 Å². The SMILES string of the molecule is C#CCCCC1(C(=O)OCC)CCCCC1=O. The highest BCUT2D eigenvalue weighted by Crippen LogP contribution is 2.39. The van der Waals surface area contributed by atoms with Gasteiger partial charge in [-0.15, -0.1) is 12.3 Å². The van der Waals surface area contributed by atoms with Gasteiger partial charge in [-0.2, -0.15) is 0 Å². The van der Waals surface area contributed by atoms with Gasteiger partial charge in [0.1, 0.15) is 11.2 Å². The van der Waals surface area contributed by atoms with Crippen LogP contribution in [-0.2, 0) is 14.3 Å². The molecule has 1 aliphatic carbocycles. The molecular formula is C14H20O3. The average Bonchev–Trinajstić information content (AvgIpc) is 2.32. The molecule has 1 aliphatic rings. The van der Waals surface area contributed by atoms with Crippen molar-refractivity contribution in [1.29, 1.82) is 0 Å². The monoisotopic (exact) mass is 236 g/mol. The molecule has 0 spiro atoms. The van der Waals surface area contributed by atoms with E-state index in [1.54, 1.807) is 6.92 Å². The maximum atomic E-state index is 12.1. The molecule has 0 aliphatic heterocycles. The van der Waals surface area contributed by atoms with Crippen LogP contribution in [0.25, 0.3) is 0 Å². The second kappa shape index (κ2) is 6.44. The summed E-state index contributed by atoms with van der Waals surface area (Å²) >= 11 is 0. The summed E-state index contributed by atoms with van der Waals surface area (Å²) in [5.74, 6) is 2.24. The molecule has 0 N–H and O–H groups in total. The molecule has 0 bridgehead atoms. The quantitative estimate of drug-likeness (QED) is 0.319. The second-order valence-electron chi connectivity index (χ2n) is 4.49. The first-order chi connectivity index (χ1) is 8.17. The van der Waals surface area contributed by atoms with Crippen LogP contribution in [0.1, 0.15) is 51.9 Å². The summed E-state index contributed by atoms with van der Waals surface area (Å²) in [7, 11) is 0. The molecular weight excluding hydrogens is 216 g/mol. The van der Waals surface area contributed by atoms with Crippen LogP contribution in [0.5, 0.6) is 0 Å². The number of Topliss-reactive ketones (excluding diaryl/α,β-unsaturated/α-hetero) is 1. The molecule has 0 aromatic carbocycles. The lowest BCUT2D eigenvalue weighted by molar-refractivity contribution is -0.163. The molecule has 0 aromatic rings. The van der Waals surface area contributed by atoms with E-state index in [2.05, 4.69) is 5.92 Å². The molecule has 1 unspecified atom stereocenters. The van der Waals surface area contributed by atoms with Crippen molar-refractivity contribution in [3.05, 3.63) is 0 Å². The van der Waals surface area contributed by atoms with Crippen molar-refractivity contribution >= 4 is 11.8 Å². The van der Waals surface area contributed by atoms with Crippen molar-refractivity contribution in [3.8, 4) is 12.3 Å². The van der Waals surface area contributed by atoms with Crippen LogP contribution in [0.4, 0.5) is 0 Å². The van der Waals surface area contributed by atoms with E-state index in [1.165, 1.54) is 0 Å². The lowest BCUT2D eigenvalue weighted by atomic mass is 9.70. The Labute approximate surface area is 103 Å². The van der Waals surface area contributed by atoms with Gasteiger partial charge in [0, 0.05) is 12.8 Å². The van der Waals surface area contributed by atoms with Gasteiger partial charge < -0.3 is 4.74 Å². The standard InChI is InChI=1S/C14H20O3/c1-3-5-7-10-14(13(16)17-4-2)11-8-6-9-12(14)15/h1H,4-11H2,2H3. The molecule has 0 radical (unpaired) electrons. The Bertz CT molecular complexity index is 327. The van der Waals surface area contributed by atoms with Gasteiger partial charge in [0.2, 0.25) is 0 Å². The molecule has 0 aromatic heterocycles. The van der Waals surface area contributed by atoms with Crippen molar-refractivity contribution < 1.29 is 14.3 Å². The molecule has 17 heavy (non-hydrogen) atoms. The Morgan fingerprint density at radius 3 is 2.88 bits per heavy atom. The molecule has 0 saturated heterocycles. The van der Waals surface area contributed by atoms with Crippen LogP contribution in [0.3, 0.4) is 0 Å². The molecule has 1 rings (SSSR count). The molecule has 0 heterocycles. The third kappa shape index (κ3) is 3.09. The molecule has 3 heteroatoms. The number of ketones is 1. The van der Waals surface area contributed by atoms with E-state index in [-0.39, 0.29) is 11.8 Å². The highest BCUT2D eigenvalue weighted by Gasteiger charge is 2.47. The maximum absolute atomic E-state index is 12.1. The first-order valence-electron chi connectivity index (χ1n) is 6.31. The number of rotatable bonds is 5. The average molecular weight is 236 g/mol. The lowest BCUT2D eigenvalue weighted by Gasteiger charge is -2.33. The fourth-order valence-electron chi connectivity index (χ4n) is 2.43. The van der Waals surface area contributed by atoms with E-state index in [9.17, 15) is 9.59 Å². The maximum Gasteiger partial charge on any atom is 0.319 e. The van der Waals surface area contributed by atoms with Crippen molar-refractivity contribution in [2.45, 2.75) is 51.9 Å². The van der Waals surface area contributed by atoms with Crippen molar-refractivity contribution in [2.75, 3.05) is 6.61 Å². The lowest BCUT2D eigenvalue weighted by Crippen LogP contribution is -2.42. The van der Waals surface area contributed by atoms with Gasteiger partial charge in [0.05, 0.1) is 6.61 Å². The Kier molecular flexibility index (Phi) is 5.21. The fraction of sp³-hybridized carbons (Fsp3) is 0.714. The largest absolute Gasteiger partial charge is 0.465 e. The zero-order valence-electron chi connectivity index (χ0n) is 10.5. The number of carbonyl (C=O) groups is 2. The predicted molar refractivity (Wildman–Crippen MR) is 65.2 cm³/mol. The van der Waals surface area contributed by atoms with E-state index in [0.29, 0.717) is 38.7 Å². The summed E-state index contributed by atoms with van der Waals surface area (Å²) in [4.78, 5) is 24.1. The number of unbranched alkanes of at least 4 members (excludes halogenated alkanes) is 1. The van der Waals surface area contributed by atoms with Crippen LogP contribution in [0.15, 0.2) is 0 Å². The van der Waals surface area contributed by atoms with Crippen LogP contribution >= 0.6 is 0 Å². The first-order valence-corrected chi connectivity index (χ1v) is 6.31. The van der Waals surface area contributed by atoms with E-state index >= 15 is 0 Å². The van der Waals surface area contributed by atoms with E-state index < -0.39 is 5.41 Å². The van der Waals surface area contributed by atoms with Crippen LogP contribution < -0.4 is 0 Å². The fourth-order valence-corrected chi connectivity index (χ4v) is 2.43. The number of terminal acetylenes is 1. The number of ether oxygens (including phenoxy) is 1. The highest BCUT2D eigenvalue weighted by atomic mass is 16.5. The molecule has 1 atom stereocenters. The van der Waals surface area contributed by atoms with Crippen LogP contribution in [-0.4, -0.2) is 18.4 Å². The van der Waals surface area contributed by atoms with Crippen molar-refractivity contribution in [3.63, 3.8) is 0 Å². The molecule has 0 amide bonds. The third-order valence-corrected chi connectivity index (χ3v) is 3.38. The zero-order chi connectivity index (χ0) is 12.7. The number of hydrogen-bond acceptors (Lipinski definition) is 3. The minimum atomic E-state index is -0.898. The van der Waals surface area contributed by atoms with Gasteiger partial charge in [0.15, 0.2) is 0 Å². The summed E-state index contributed by atoms with van der Waals surface area (Å²) in [6.45, 7) is 2.09. The molecule has 94 valence electrons. The first kappa shape index (κ1) is 13.8. The topological polar surface area (TPSA) is 43.4 Å². The van der Waals surface area contributed by atoms with E-state index in [0.717, 1.165) is 12.8 Å². The van der Waals surface area contributed by atoms with Crippen molar-refractivity contribution in [2.24, 2.45) is 5.41 Å². The Hall–Kier alpha value is -1.30. The summed E-state index contributed by atoms with van der Waals surface area (Å²) in [6.07, 6.45) is 9.97. The zero-order valence-corrected chi connectivity index (χ0v) is 10.5. The van der Waals surface area contributed by atoms with Gasteiger partial charge in [-0.05, 0) is 32.6 Å². The van der Waals surface area contributed by atoms with Gasteiger partial charge >= 0.3 is 5.97 Å². The Morgan fingerprint density at radius 2 is 2.29 bits per heavy atom.